The zero-order chi connectivity index (χ0) is 15.4. The number of alkyl carbamates (subject to hydrolysis) is 1. The predicted molar refractivity (Wildman–Crippen MR) is 84.6 cm³/mol. The molecule has 0 aromatic rings. The van der Waals surface area contributed by atoms with E-state index in [1.165, 1.54) is 12.8 Å². The molecule has 0 spiro atoms. The molecule has 1 aliphatic heterocycles. The number of likely N-dealkylation sites (tertiary alicyclic amines) is 1. The summed E-state index contributed by atoms with van der Waals surface area (Å²) in [6.07, 6.45) is 7.40. The normalized spacial score (nSPS) is 20.2. The van der Waals surface area contributed by atoms with Gasteiger partial charge >= 0.3 is 6.09 Å². The van der Waals surface area contributed by atoms with Crippen molar-refractivity contribution in [2.75, 3.05) is 26.7 Å². The Morgan fingerprint density at radius 3 is 2.65 bits per heavy atom. The van der Waals surface area contributed by atoms with Crippen LogP contribution in [-0.4, -0.2) is 37.7 Å². The first-order chi connectivity index (χ1) is 9.65. The second-order valence-corrected chi connectivity index (χ2v) is 4.73. The van der Waals surface area contributed by atoms with Gasteiger partial charge in [0.25, 0.3) is 0 Å². The molecule has 116 valence electrons. The van der Waals surface area contributed by atoms with E-state index in [1.54, 1.807) is 12.2 Å². The minimum atomic E-state index is -0.366. The molecule has 1 atom stereocenters. The minimum absolute atomic E-state index is 0.366. The summed E-state index contributed by atoms with van der Waals surface area (Å²) in [4.78, 5) is 13.9. The number of hydrogen-bond donors (Lipinski definition) is 1. The Labute approximate surface area is 123 Å². The van der Waals surface area contributed by atoms with Gasteiger partial charge in [-0.3, -0.25) is 0 Å². The van der Waals surface area contributed by atoms with Crippen LogP contribution < -0.4 is 5.32 Å². The first kappa shape index (κ1) is 18.7. The van der Waals surface area contributed by atoms with Crippen LogP contribution in [0.1, 0.15) is 40.5 Å². The number of piperidine rings is 1. The van der Waals surface area contributed by atoms with Crippen molar-refractivity contribution in [1.29, 1.82) is 0 Å². The largest absolute Gasteiger partial charge is 0.412 e. The van der Waals surface area contributed by atoms with Gasteiger partial charge in [0.05, 0.1) is 0 Å². The topological polar surface area (TPSA) is 41.6 Å². The molecule has 4 nitrogen and oxygen atoms in total. The third-order valence-electron chi connectivity index (χ3n) is 3.08. The Bertz CT molecular complexity index is 324. The van der Waals surface area contributed by atoms with Gasteiger partial charge in [0.15, 0.2) is 0 Å². The van der Waals surface area contributed by atoms with Crippen LogP contribution in [0.5, 0.6) is 0 Å². The molecule has 0 saturated carbocycles. The van der Waals surface area contributed by atoms with Crippen LogP contribution in [-0.2, 0) is 4.74 Å². The lowest BCUT2D eigenvalue weighted by molar-refractivity contribution is 0.167. The van der Waals surface area contributed by atoms with Gasteiger partial charge in [-0.15, -0.1) is 0 Å². The molecule has 1 aliphatic rings. The molecule has 1 heterocycles. The molecule has 20 heavy (non-hydrogen) atoms. The van der Waals surface area contributed by atoms with Gasteiger partial charge in [-0.2, -0.15) is 0 Å². The van der Waals surface area contributed by atoms with E-state index in [1.807, 2.05) is 33.8 Å². The molecule has 4 heteroatoms. The zero-order valence-corrected chi connectivity index (χ0v) is 13.6. The predicted octanol–water partition coefficient (Wildman–Crippen LogP) is 3.56. The number of carbonyl (C=O) groups excluding carboxylic acids is 1. The van der Waals surface area contributed by atoms with Crippen LogP contribution in [0, 0.1) is 5.92 Å². The molecule has 0 aromatic carbocycles. The highest BCUT2D eigenvalue weighted by molar-refractivity contribution is 5.68. The van der Waals surface area contributed by atoms with Crippen molar-refractivity contribution >= 4 is 6.09 Å². The average Bonchev–Trinajstić information content (AvgIpc) is 2.47. The summed E-state index contributed by atoms with van der Waals surface area (Å²) in [5.74, 6) is 1.11. The Morgan fingerprint density at radius 2 is 2.10 bits per heavy atom. The smallest absolute Gasteiger partial charge is 0.411 e. The number of allylic oxidation sites excluding steroid dienone is 3. The summed E-state index contributed by atoms with van der Waals surface area (Å²) in [6, 6.07) is 0. The third kappa shape index (κ3) is 8.00. The first-order valence-corrected chi connectivity index (χ1v) is 7.59. The molecule has 1 N–H and O–H groups in total. The van der Waals surface area contributed by atoms with Crippen molar-refractivity contribution in [2.24, 2.45) is 5.92 Å². The Kier molecular flexibility index (Phi) is 10.8. The second kappa shape index (κ2) is 11.5. The molecule has 1 saturated heterocycles. The van der Waals surface area contributed by atoms with E-state index in [-0.39, 0.29) is 6.09 Å². The quantitative estimate of drug-likeness (QED) is 0.633. The lowest BCUT2D eigenvalue weighted by Crippen LogP contribution is -2.39. The lowest BCUT2D eigenvalue weighted by atomic mass is 9.99. The molecule has 1 fully saturated rings. The molecule has 1 rings (SSSR count). The van der Waals surface area contributed by atoms with Crippen LogP contribution in [0.2, 0.25) is 0 Å². The number of hydrogen-bond acceptors (Lipinski definition) is 3. The fourth-order valence-corrected chi connectivity index (χ4v) is 2.16. The molecule has 0 bridgehead atoms. The van der Waals surface area contributed by atoms with Crippen molar-refractivity contribution in [3.8, 4) is 0 Å². The van der Waals surface area contributed by atoms with Crippen LogP contribution in [0.25, 0.3) is 0 Å². The summed E-state index contributed by atoms with van der Waals surface area (Å²) in [7, 11) is 2.12. The molecular formula is C16H30N2O2. The van der Waals surface area contributed by atoms with Crippen LogP contribution in [0.3, 0.4) is 0 Å². The maximum atomic E-state index is 11.6. The molecule has 1 amide bonds. The van der Waals surface area contributed by atoms with E-state index in [9.17, 15) is 4.79 Å². The number of carbonyl (C=O) groups is 1. The van der Waals surface area contributed by atoms with E-state index in [0.29, 0.717) is 18.2 Å². The van der Waals surface area contributed by atoms with Gasteiger partial charge < -0.3 is 15.0 Å². The van der Waals surface area contributed by atoms with E-state index in [4.69, 9.17) is 4.74 Å². The van der Waals surface area contributed by atoms with E-state index >= 15 is 0 Å². The van der Waals surface area contributed by atoms with Crippen LogP contribution in [0.4, 0.5) is 4.79 Å². The van der Waals surface area contributed by atoms with Crippen LogP contribution in [0.15, 0.2) is 24.0 Å². The number of amides is 1. The van der Waals surface area contributed by atoms with Gasteiger partial charge in [0, 0.05) is 13.1 Å². The average molecular weight is 282 g/mol. The Balaban J connectivity index is 0.00000172. The maximum absolute atomic E-state index is 11.6. The fourth-order valence-electron chi connectivity index (χ4n) is 2.16. The monoisotopic (exact) mass is 282 g/mol. The van der Waals surface area contributed by atoms with Crippen molar-refractivity contribution in [3.05, 3.63) is 24.0 Å². The summed E-state index contributed by atoms with van der Waals surface area (Å²) in [5, 5.41) is 2.83. The summed E-state index contributed by atoms with van der Waals surface area (Å²) < 4.78 is 5.17. The highest BCUT2D eigenvalue weighted by Crippen LogP contribution is 2.14. The highest BCUT2D eigenvalue weighted by Gasteiger charge is 2.17. The molecule has 1 unspecified atom stereocenters. The van der Waals surface area contributed by atoms with E-state index in [2.05, 4.69) is 17.3 Å². The third-order valence-corrected chi connectivity index (χ3v) is 3.08. The second-order valence-electron chi connectivity index (χ2n) is 4.73. The zero-order valence-electron chi connectivity index (χ0n) is 13.6. The number of nitrogens with one attached hydrogen (secondary N) is 1. The lowest BCUT2D eigenvalue weighted by Gasteiger charge is -2.29. The molecule has 0 aliphatic carbocycles. The number of rotatable bonds is 4. The van der Waals surface area contributed by atoms with Crippen molar-refractivity contribution in [1.82, 2.24) is 10.2 Å². The fraction of sp³-hybridized carbons (Fsp3) is 0.688. The summed E-state index contributed by atoms with van der Waals surface area (Å²) in [5.41, 5.74) is 0. The number of ether oxygens (including phenoxy) is 1. The van der Waals surface area contributed by atoms with Crippen molar-refractivity contribution in [3.63, 3.8) is 0 Å². The van der Waals surface area contributed by atoms with Gasteiger partial charge in [-0.05, 0) is 58.4 Å². The minimum Gasteiger partial charge on any atom is -0.411 e. The van der Waals surface area contributed by atoms with Crippen LogP contribution >= 0.6 is 0 Å². The van der Waals surface area contributed by atoms with Gasteiger partial charge in [0.1, 0.15) is 5.76 Å². The van der Waals surface area contributed by atoms with Crippen molar-refractivity contribution in [2.45, 2.75) is 40.5 Å². The standard InChI is InChI=1S/C14H24N2O2.C2H6/c1-4-7-13(5-2)18-14(17)15-10-12-8-6-9-16(3)11-12;1-2/h4-5,7,12H,6,8-11H2,1-3H3,(H,15,17);1-2H3/b7-4-,13-5+;. The van der Waals surface area contributed by atoms with Crippen molar-refractivity contribution < 1.29 is 9.53 Å². The SMILES string of the molecule is C/C=C\C(=C/C)OC(=O)NCC1CCCN(C)C1.CC. The summed E-state index contributed by atoms with van der Waals surface area (Å²) >= 11 is 0. The van der Waals surface area contributed by atoms with Gasteiger partial charge in [-0.1, -0.05) is 19.9 Å². The van der Waals surface area contributed by atoms with E-state index < -0.39 is 0 Å². The summed E-state index contributed by atoms with van der Waals surface area (Å²) in [6.45, 7) is 10.6. The van der Waals surface area contributed by atoms with Gasteiger partial charge in [-0.25, -0.2) is 4.79 Å². The maximum Gasteiger partial charge on any atom is 0.412 e. The number of nitrogens with zero attached hydrogens (tertiary/aromatic N) is 1. The van der Waals surface area contributed by atoms with E-state index in [0.717, 1.165) is 13.1 Å². The Morgan fingerprint density at radius 1 is 1.40 bits per heavy atom. The Hall–Kier alpha value is -1.29. The first-order valence-electron chi connectivity index (χ1n) is 7.59. The molecule has 0 radical (unpaired) electrons. The molecule has 0 aromatic heterocycles. The van der Waals surface area contributed by atoms with Gasteiger partial charge in [0.2, 0.25) is 0 Å². The highest BCUT2D eigenvalue weighted by atomic mass is 16.6. The molecular weight excluding hydrogens is 252 g/mol.